The molecule has 2 heterocycles. The summed E-state index contributed by atoms with van der Waals surface area (Å²) in [7, 11) is 0. The molecule has 2 unspecified atom stereocenters. The maximum atomic E-state index is 5.99. The number of nitrogens with zero attached hydrogens (tertiary/aromatic N) is 1. The van der Waals surface area contributed by atoms with Gasteiger partial charge in [-0.1, -0.05) is 53.7 Å². The smallest absolute Gasteiger partial charge is 0.157 e. The fourth-order valence-corrected chi connectivity index (χ4v) is 4.39. The van der Waals surface area contributed by atoms with E-state index in [2.05, 4.69) is 48.6 Å². The summed E-state index contributed by atoms with van der Waals surface area (Å²) in [5.41, 5.74) is 1.35. The van der Waals surface area contributed by atoms with E-state index in [-0.39, 0.29) is 6.04 Å². The van der Waals surface area contributed by atoms with Gasteiger partial charge in [-0.15, -0.1) is 11.3 Å². The van der Waals surface area contributed by atoms with Crippen molar-refractivity contribution in [1.29, 1.82) is 0 Å². The summed E-state index contributed by atoms with van der Waals surface area (Å²) in [6, 6.07) is 15.2. The molecule has 2 atom stereocenters. The van der Waals surface area contributed by atoms with E-state index < -0.39 is 0 Å². The molecule has 1 N–H and O–H groups in total. The van der Waals surface area contributed by atoms with Gasteiger partial charge in [0, 0.05) is 10.6 Å². The first kappa shape index (κ1) is 14.9. The highest BCUT2D eigenvalue weighted by Crippen LogP contribution is 2.28. The standard InChI is InChI=1S/C16H17ClN2S2/c1-11(14-7-8-15(17)21-14)18-16-19-13(10-20-16)9-12-5-3-2-4-6-12/h2-8,11,13H,9-10H2,1H3,(H,18,19). The first-order valence-corrected chi connectivity index (χ1v) is 9.15. The van der Waals surface area contributed by atoms with Crippen LogP contribution < -0.4 is 5.32 Å². The van der Waals surface area contributed by atoms with E-state index in [0.29, 0.717) is 6.04 Å². The lowest BCUT2D eigenvalue weighted by atomic mass is 10.1. The Hall–Kier alpha value is -0.970. The first-order chi connectivity index (χ1) is 10.2. The second-order valence-corrected chi connectivity index (χ2v) is 7.85. The summed E-state index contributed by atoms with van der Waals surface area (Å²) in [6.07, 6.45) is 1.01. The Morgan fingerprint density at radius 1 is 1.29 bits per heavy atom. The average molecular weight is 337 g/mol. The van der Waals surface area contributed by atoms with Gasteiger partial charge < -0.3 is 5.32 Å². The van der Waals surface area contributed by atoms with Crippen molar-refractivity contribution in [3.63, 3.8) is 0 Å². The van der Waals surface area contributed by atoms with Gasteiger partial charge in [-0.3, -0.25) is 4.99 Å². The van der Waals surface area contributed by atoms with Crippen molar-refractivity contribution in [1.82, 2.24) is 5.32 Å². The SMILES string of the molecule is CC(NC1=NC(Cc2ccccc2)CS1)c1ccc(Cl)s1. The number of amidine groups is 1. The number of hydrogen-bond donors (Lipinski definition) is 1. The van der Waals surface area contributed by atoms with Crippen LogP contribution in [0.1, 0.15) is 23.4 Å². The molecule has 0 bridgehead atoms. The Morgan fingerprint density at radius 2 is 2.10 bits per heavy atom. The van der Waals surface area contributed by atoms with Crippen LogP contribution in [0.5, 0.6) is 0 Å². The molecule has 0 amide bonds. The molecule has 0 aliphatic carbocycles. The van der Waals surface area contributed by atoms with Crippen LogP contribution in [0.4, 0.5) is 0 Å². The summed E-state index contributed by atoms with van der Waals surface area (Å²) >= 11 is 9.42. The summed E-state index contributed by atoms with van der Waals surface area (Å²) in [6.45, 7) is 2.15. The van der Waals surface area contributed by atoms with Crippen LogP contribution in [0, 0.1) is 0 Å². The Morgan fingerprint density at radius 3 is 2.81 bits per heavy atom. The molecular weight excluding hydrogens is 320 g/mol. The van der Waals surface area contributed by atoms with Crippen molar-refractivity contribution in [2.75, 3.05) is 5.75 Å². The van der Waals surface area contributed by atoms with E-state index in [4.69, 9.17) is 16.6 Å². The number of benzene rings is 1. The Kier molecular flexibility index (Phi) is 4.88. The molecule has 3 rings (SSSR count). The van der Waals surface area contributed by atoms with Crippen molar-refractivity contribution in [2.45, 2.75) is 25.4 Å². The first-order valence-electron chi connectivity index (χ1n) is 6.97. The molecule has 0 saturated carbocycles. The monoisotopic (exact) mass is 336 g/mol. The van der Waals surface area contributed by atoms with Gasteiger partial charge in [0.05, 0.1) is 16.4 Å². The van der Waals surface area contributed by atoms with Crippen LogP contribution in [0.15, 0.2) is 47.5 Å². The lowest BCUT2D eigenvalue weighted by Gasteiger charge is -2.12. The molecule has 110 valence electrons. The van der Waals surface area contributed by atoms with Crippen LogP contribution in [-0.2, 0) is 6.42 Å². The topological polar surface area (TPSA) is 24.4 Å². The summed E-state index contributed by atoms with van der Waals surface area (Å²) in [5, 5.41) is 4.54. The zero-order valence-electron chi connectivity index (χ0n) is 11.8. The summed E-state index contributed by atoms with van der Waals surface area (Å²) in [5.74, 6) is 1.05. The predicted molar refractivity (Wildman–Crippen MR) is 94.7 cm³/mol. The van der Waals surface area contributed by atoms with E-state index in [1.165, 1.54) is 10.4 Å². The number of hydrogen-bond acceptors (Lipinski definition) is 4. The quantitative estimate of drug-likeness (QED) is 0.870. The van der Waals surface area contributed by atoms with Crippen LogP contribution in [0.2, 0.25) is 4.34 Å². The third-order valence-electron chi connectivity index (χ3n) is 3.39. The second kappa shape index (κ2) is 6.86. The zero-order valence-corrected chi connectivity index (χ0v) is 14.1. The predicted octanol–water partition coefficient (Wildman–Crippen LogP) is 4.77. The molecule has 2 nitrogen and oxygen atoms in total. The van der Waals surface area contributed by atoms with E-state index in [1.807, 2.05) is 17.8 Å². The number of aliphatic imine (C=N–C) groups is 1. The Balaban J connectivity index is 1.58. The minimum absolute atomic E-state index is 0.254. The zero-order chi connectivity index (χ0) is 14.7. The molecule has 1 aliphatic rings. The lowest BCUT2D eigenvalue weighted by molar-refractivity contribution is 0.719. The van der Waals surface area contributed by atoms with Gasteiger partial charge in [-0.25, -0.2) is 0 Å². The van der Waals surface area contributed by atoms with Gasteiger partial charge in [0.1, 0.15) is 0 Å². The molecule has 2 aromatic rings. The largest absolute Gasteiger partial charge is 0.358 e. The maximum absolute atomic E-state index is 5.99. The number of thioether (sulfide) groups is 1. The molecule has 5 heteroatoms. The van der Waals surface area contributed by atoms with Crippen LogP contribution in [-0.4, -0.2) is 17.0 Å². The van der Waals surface area contributed by atoms with Crippen LogP contribution in [0.25, 0.3) is 0 Å². The fraction of sp³-hybridized carbons (Fsp3) is 0.312. The van der Waals surface area contributed by atoms with E-state index >= 15 is 0 Å². The molecule has 0 radical (unpaired) electrons. The molecule has 0 spiro atoms. The number of halogens is 1. The van der Waals surface area contributed by atoms with Gasteiger partial charge in [0.25, 0.3) is 0 Å². The third-order valence-corrected chi connectivity index (χ3v) is 5.85. The molecule has 1 aromatic carbocycles. The molecule has 21 heavy (non-hydrogen) atoms. The minimum atomic E-state index is 0.254. The maximum Gasteiger partial charge on any atom is 0.157 e. The minimum Gasteiger partial charge on any atom is -0.358 e. The fourth-order valence-electron chi connectivity index (χ4n) is 2.30. The molecule has 1 aromatic heterocycles. The highest BCUT2D eigenvalue weighted by atomic mass is 35.5. The number of rotatable bonds is 4. The summed E-state index contributed by atoms with van der Waals surface area (Å²) in [4.78, 5) is 6.04. The van der Waals surface area contributed by atoms with E-state index in [0.717, 1.165) is 21.7 Å². The molecule has 0 saturated heterocycles. The Bertz CT molecular complexity index is 624. The average Bonchev–Trinajstić information content (AvgIpc) is 3.09. The molecule has 1 aliphatic heterocycles. The van der Waals surface area contributed by atoms with Crippen LogP contribution in [0.3, 0.4) is 0 Å². The van der Waals surface area contributed by atoms with Crippen molar-refractivity contribution < 1.29 is 0 Å². The second-order valence-electron chi connectivity index (χ2n) is 5.10. The third kappa shape index (κ3) is 4.02. The van der Waals surface area contributed by atoms with E-state index in [9.17, 15) is 0 Å². The normalized spacial score (nSPS) is 19.3. The van der Waals surface area contributed by atoms with Crippen molar-refractivity contribution in [2.24, 2.45) is 4.99 Å². The molecular formula is C16H17ClN2S2. The summed E-state index contributed by atoms with van der Waals surface area (Å²) < 4.78 is 0.835. The Labute approximate surface area is 138 Å². The lowest BCUT2D eigenvalue weighted by Crippen LogP contribution is -2.22. The van der Waals surface area contributed by atoms with Gasteiger partial charge >= 0.3 is 0 Å². The van der Waals surface area contributed by atoms with Crippen LogP contribution >= 0.6 is 34.7 Å². The van der Waals surface area contributed by atoms with Gasteiger partial charge in [-0.05, 0) is 31.0 Å². The number of thiophene rings is 1. The van der Waals surface area contributed by atoms with Crippen molar-refractivity contribution >= 4 is 39.9 Å². The van der Waals surface area contributed by atoms with E-state index in [1.54, 1.807) is 11.3 Å². The number of nitrogens with one attached hydrogen (secondary N) is 1. The van der Waals surface area contributed by atoms with Gasteiger partial charge in [0.2, 0.25) is 0 Å². The van der Waals surface area contributed by atoms with Gasteiger partial charge in [-0.2, -0.15) is 0 Å². The molecule has 0 fully saturated rings. The van der Waals surface area contributed by atoms with Gasteiger partial charge in [0.15, 0.2) is 5.17 Å². The van der Waals surface area contributed by atoms with Crippen molar-refractivity contribution in [3.05, 3.63) is 57.2 Å². The highest BCUT2D eigenvalue weighted by Gasteiger charge is 2.20. The van der Waals surface area contributed by atoms with Crippen molar-refractivity contribution in [3.8, 4) is 0 Å². The highest BCUT2D eigenvalue weighted by molar-refractivity contribution is 8.14.